The van der Waals surface area contributed by atoms with E-state index in [9.17, 15) is 4.79 Å². The number of benzene rings is 3. The molecule has 3 aromatic rings. The number of ether oxygens (including phenoxy) is 2. The van der Waals surface area contributed by atoms with E-state index in [0.29, 0.717) is 29.0 Å². The van der Waals surface area contributed by atoms with Gasteiger partial charge in [-0.2, -0.15) is 0 Å². The molecule has 4 rings (SSSR count). The molecular formula is C26H23BrN2O3S. The summed E-state index contributed by atoms with van der Waals surface area (Å²) >= 11 is 4.81. The molecule has 5 nitrogen and oxygen atoms in total. The number of halogens is 1. The molecule has 0 unspecified atom stereocenters. The van der Waals surface area contributed by atoms with Gasteiger partial charge in [-0.15, -0.1) is 0 Å². The van der Waals surface area contributed by atoms with Gasteiger partial charge < -0.3 is 14.8 Å². The molecule has 1 aliphatic heterocycles. The highest BCUT2D eigenvalue weighted by atomic mass is 79.9. The Morgan fingerprint density at radius 2 is 1.79 bits per heavy atom. The van der Waals surface area contributed by atoms with Crippen LogP contribution in [0, 0.1) is 6.92 Å². The maximum atomic E-state index is 12.6. The minimum atomic E-state index is -0.186. The van der Waals surface area contributed by atoms with Gasteiger partial charge in [-0.25, -0.2) is 4.99 Å². The van der Waals surface area contributed by atoms with Gasteiger partial charge in [0, 0.05) is 10.0 Å². The second-order valence-corrected chi connectivity index (χ2v) is 9.31. The van der Waals surface area contributed by atoms with Crippen molar-refractivity contribution in [2.75, 3.05) is 6.61 Å². The minimum absolute atomic E-state index is 0.186. The van der Waals surface area contributed by atoms with E-state index in [1.54, 1.807) is 0 Å². The van der Waals surface area contributed by atoms with Gasteiger partial charge in [-0.05, 0) is 79.7 Å². The van der Waals surface area contributed by atoms with Gasteiger partial charge in [0.1, 0.15) is 18.1 Å². The van der Waals surface area contributed by atoms with Crippen LogP contribution in [0.15, 0.2) is 81.1 Å². The number of hydrogen-bond acceptors (Lipinski definition) is 5. The predicted octanol–water partition coefficient (Wildman–Crippen LogP) is 6.63. The van der Waals surface area contributed by atoms with Gasteiger partial charge in [0.25, 0.3) is 5.91 Å². The number of aryl methyl sites for hydroxylation is 1. The Balaban J connectivity index is 1.51. The molecule has 1 N–H and O–H groups in total. The molecule has 0 aliphatic carbocycles. The number of rotatable bonds is 7. The number of thioether (sulfide) groups is 1. The lowest BCUT2D eigenvalue weighted by atomic mass is 10.1. The van der Waals surface area contributed by atoms with Gasteiger partial charge in [0.05, 0.1) is 17.2 Å². The van der Waals surface area contributed by atoms with E-state index >= 15 is 0 Å². The van der Waals surface area contributed by atoms with Gasteiger partial charge >= 0.3 is 0 Å². The smallest absolute Gasteiger partial charge is 0.264 e. The summed E-state index contributed by atoms with van der Waals surface area (Å²) in [6.45, 7) is 5.06. The average Bonchev–Trinajstić information content (AvgIpc) is 3.14. The highest BCUT2D eigenvalue weighted by molar-refractivity contribution is 9.10. The molecule has 7 heteroatoms. The zero-order valence-electron chi connectivity index (χ0n) is 18.3. The van der Waals surface area contributed by atoms with E-state index in [1.165, 1.54) is 17.3 Å². The predicted molar refractivity (Wildman–Crippen MR) is 138 cm³/mol. The van der Waals surface area contributed by atoms with Crippen LogP contribution >= 0.6 is 27.7 Å². The minimum Gasteiger partial charge on any atom is -0.494 e. The summed E-state index contributed by atoms with van der Waals surface area (Å²) in [7, 11) is 0. The van der Waals surface area contributed by atoms with Crippen LogP contribution in [0.3, 0.4) is 0 Å². The molecule has 33 heavy (non-hydrogen) atoms. The first-order valence-electron chi connectivity index (χ1n) is 10.5. The number of carbonyl (C=O) groups is 1. The van der Waals surface area contributed by atoms with E-state index in [1.807, 2.05) is 55.5 Å². The van der Waals surface area contributed by atoms with Crippen molar-refractivity contribution < 1.29 is 14.3 Å². The Bertz CT molecular complexity index is 1210. The van der Waals surface area contributed by atoms with Crippen molar-refractivity contribution in [2.45, 2.75) is 20.5 Å². The number of carbonyl (C=O) groups excluding carboxylic acids is 1. The molecule has 0 spiro atoms. The van der Waals surface area contributed by atoms with E-state index < -0.39 is 0 Å². The van der Waals surface area contributed by atoms with Crippen molar-refractivity contribution in [3.05, 3.63) is 92.8 Å². The topological polar surface area (TPSA) is 59.9 Å². The Labute approximate surface area is 206 Å². The fourth-order valence-electron chi connectivity index (χ4n) is 3.13. The normalized spacial score (nSPS) is 15.7. The maximum Gasteiger partial charge on any atom is 0.264 e. The second kappa shape index (κ2) is 10.7. The van der Waals surface area contributed by atoms with Crippen molar-refractivity contribution >= 4 is 50.5 Å². The number of aliphatic imine (C=N–C) groups is 1. The SMILES string of the molecule is CCOc1ccc(N=C2NC(=O)/C(=C\c3cc(Br)ccc3OCc3ccc(C)cc3)S2)cc1. The van der Waals surface area contributed by atoms with Crippen molar-refractivity contribution in [3.63, 3.8) is 0 Å². The maximum absolute atomic E-state index is 12.6. The van der Waals surface area contributed by atoms with Crippen molar-refractivity contribution in [1.82, 2.24) is 5.32 Å². The largest absolute Gasteiger partial charge is 0.494 e. The molecule has 0 atom stereocenters. The summed E-state index contributed by atoms with van der Waals surface area (Å²) in [6.07, 6.45) is 1.83. The summed E-state index contributed by atoms with van der Waals surface area (Å²) in [6, 6.07) is 21.4. The lowest BCUT2D eigenvalue weighted by Gasteiger charge is -2.10. The Kier molecular flexibility index (Phi) is 7.52. The van der Waals surface area contributed by atoms with Crippen molar-refractivity contribution in [3.8, 4) is 11.5 Å². The molecule has 1 aliphatic rings. The number of amides is 1. The lowest BCUT2D eigenvalue weighted by Crippen LogP contribution is -2.19. The first-order valence-corrected chi connectivity index (χ1v) is 12.1. The summed E-state index contributed by atoms with van der Waals surface area (Å²) in [5.74, 6) is 1.31. The van der Waals surface area contributed by atoms with Gasteiger partial charge in [0.2, 0.25) is 0 Å². The first kappa shape index (κ1) is 23.1. The fraction of sp³-hybridized carbons (Fsp3) is 0.154. The van der Waals surface area contributed by atoms with Gasteiger partial charge in [0.15, 0.2) is 5.17 Å². The molecule has 0 bridgehead atoms. The Hall–Kier alpha value is -3.03. The van der Waals surface area contributed by atoms with Gasteiger partial charge in [-0.3, -0.25) is 4.79 Å². The monoisotopic (exact) mass is 522 g/mol. The highest BCUT2D eigenvalue weighted by Crippen LogP contribution is 2.32. The molecule has 0 saturated carbocycles. The van der Waals surface area contributed by atoms with Crippen LogP contribution < -0.4 is 14.8 Å². The van der Waals surface area contributed by atoms with Gasteiger partial charge in [-0.1, -0.05) is 45.8 Å². The van der Waals surface area contributed by atoms with E-state index in [-0.39, 0.29) is 5.91 Å². The lowest BCUT2D eigenvalue weighted by molar-refractivity contribution is -0.115. The summed E-state index contributed by atoms with van der Waals surface area (Å²) < 4.78 is 12.4. The number of nitrogens with one attached hydrogen (secondary N) is 1. The van der Waals surface area contributed by atoms with Crippen LogP contribution in [0.4, 0.5) is 5.69 Å². The average molecular weight is 523 g/mol. The number of nitrogens with zero attached hydrogens (tertiary/aromatic N) is 1. The second-order valence-electron chi connectivity index (χ2n) is 7.37. The highest BCUT2D eigenvalue weighted by Gasteiger charge is 2.24. The van der Waals surface area contributed by atoms with Crippen molar-refractivity contribution in [2.24, 2.45) is 4.99 Å². The van der Waals surface area contributed by atoms with Crippen LogP contribution in [0.2, 0.25) is 0 Å². The summed E-state index contributed by atoms with van der Waals surface area (Å²) in [5.41, 5.74) is 3.85. The molecule has 168 valence electrons. The summed E-state index contributed by atoms with van der Waals surface area (Å²) in [4.78, 5) is 17.7. The third-order valence-electron chi connectivity index (χ3n) is 4.80. The van der Waals surface area contributed by atoms with E-state index in [2.05, 4.69) is 57.4 Å². The number of amidine groups is 1. The number of hydrogen-bond donors (Lipinski definition) is 1. The molecule has 3 aromatic carbocycles. The van der Waals surface area contributed by atoms with Crippen LogP contribution in [0.1, 0.15) is 23.6 Å². The standard InChI is InChI=1S/C26H23BrN2O3S/c1-3-31-22-11-9-21(10-12-22)28-26-29-25(30)24(33-26)15-19-14-20(27)8-13-23(19)32-16-18-6-4-17(2)5-7-18/h4-15H,3,16H2,1-2H3,(H,28,29,30)/b24-15+. The molecule has 1 amide bonds. The fourth-order valence-corrected chi connectivity index (χ4v) is 4.34. The van der Waals surface area contributed by atoms with Crippen LogP contribution in [0.25, 0.3) is 6.08 Å². The summed E-state index contributed by atoms with van der Waals surface area (Å²) in [5, 5.41) is 3.37. The zero-order chi connectivity index (χ0) is 23.2. The van der Waals surface area contributed by atoms with Crippen LogP contribution in [-0.2, 0) is 11.4 Å². The third-order valence-corrected chi connectivity index (χ3v) is 6.21. The zero-order valence-corrected chi connectivity index (χ0v) is 20.7. The Morgan fingerprint density at radius 1 is 1.03 bits per heavy atom. The van der Waals surface area contributed by atoms with Crippen LogP contribution in [-0.4, -0.2) is 17.7 Å². The molecule has 0 aromatic heterocycles. The van der Waals surface area contributed by atoms with E-state index in [0.717, 1.165) is 27.0 Å². The molecule has 1 heterocycles. The Morgan fingerprint density at radius 3 is 2.52 bits per heavy atom. The molecule has 1 saturated heterocycles. The molecule has 1 fully saturated rings. The third kappa shape index (κ3) is 6.27. The van der Waals surface area contributed by atoms with Crippen molar-refractivity contribution in [1.29, 1.82) is 0 Å². The first-order chi connectivity index (χ1) is 16.0. The van der Waals surface area contributed by atoms with Crippen LogP contribution in [0.5, 0.6) is 11.5 Å². The van der Waals surface area contributed by atoms with E-state index in [4.69, 9.17) is 9.47 Å². The molecule has 0 radical (unpaired) electrons. The molecular weight excluding hydrogens is 500 g/mol. The quantitative estimate of drug-likeness (QED) is 0.354.